The predicted octanol–water partition coefficient (Wildman–Crippen LogP) is 2.02. The third kappa shape index (κ3) is 4.67. The molecular formula is C15H14BrF3N2O5. The van der Waals surface area contributed by atoms with Crippen LogP contribution < -0.4 is 10.1 Å². The molecule has 0 saturated heterocycles. The SMILES string of the molecule is COC(=O)C1=C(Nc2ccc(OC(F)(F)F)c(Br)c2)C(=O)N(CCO)C1. The highest BCUT2D eigenvalue weighted by molar-refractivity contribution is 9.10. The molecule has 1 aliphatic heterocycles. The molecule has 142 valence electrons. The number of benzene rings is 1. The maximum atomic E-state index is 12.4. The molecule has 0 saturated carbocycles. The fourth-order valence-electron chi connectivity index (χ4n) is 2.28. The van der Waals surface area contributed by atoms with Crippen LogP contribution in [0.25, 0.3) is 0 Å². The number of hydrogen-bond acceptors (Lipinski definition) is 6. The van der Waals surface area contributed by atoms with Crippen molar-refractivity contribution in [3.05, 3.63) is 33.9 Å². The summed E-state index contributed by atoms with van der Waals surface area (Å²) >= 11 is 2.96. The monoisotopic (exact) mass is 438 g/mol. The molecule has 1 aromatic rings. The van der Waals surface area contributed by atoms with Crippen LogP contribution in [-0.2, 0) is 14.3 Å². The first-order valence-electron chi connectivity index (χ1n) is 7.20. The Morgan fingerprint density at radius 2 is 2.12 bits per heavy atom. The number of methoxy groups -OCH3 is 1. The second-order valence-electron chi connectivity index (χ2n) is 5.11. The van der Waals surface area contributed by atoms with Crippen LogP contribution >= 0.6 is 15.9 Å². The highest BCUT2D eigenvalue weighted by atomic mass is 79.9. The average Bonchev–Trinajstić information content (AvgIpc) is 2.85. The molecule has 0 radical (unpaired) electrons. The molecule has 2 N–H and O–H groups in total. The third-order valence-corrected chi connectivity index (χ3v) is 4.00. The van der Waals surface area contributed by atoms with Crippen LogP contribution in [0.15, 0.2) is 33.9 Å². The van der Waals surface area contributed by atoms with Crippen LogP contribution in [0.3, 0.4) is 0 Å². The average molecular weight is 439 g/mol. The summed E-state index contributed by atoms with van der Waals surface area (Å²) in [5.74, 6) is -1.71. The van der Waals surface area contributed by atoms with E-state index in [0.29, 0.717) is 0 Å². The summed E-state index contributed by atoms with van der Waals surface area (Å²) in [6.45, 7) is -0.320. The van der Waals surface area contributed by atoms with Gasteiger partial charge in [0.2, 0.25) is 0 Å². The van der Waals surface area contributed by atoms with Gasteiger partial charge in [-0.15, -0.1) is 13.2 Å². The summed E-state index contributed by atoms with van der Waals surface area (Å²) in [6.07, 6.45) is -4.84. The van der Waals surface area contributed by atoms with E-state index in [1.165, 1.54) is 17.0 Å². The highest BCUT2D eigenvalue weighted by Crippen LogP contribution is 2.33. The highest BCUT2D eigenvalue weighted by Gasteiger charge is 2.35. The van der Waals surface area contributed by atoms with E-state index in [1.54, 1.807) is 0 Å². The molecule has 2 rings (SSSR count). The molecule has 0 aromatic heterocycles. The van der Waals surface area contributed by atoms with Gasteiger partial charge in [-0.3, -0.25) is 4.79 Å². The van der Waals surface area contributed by atoms with Crippen molar-refractivity contribution in [3.8, 4) is 5.75 Å². The van der Waals surface area contributed by atoms with Crippen LogP contribution in [-0.4, -0.2) is 55.1 Å². The van der Waals surface area contributed by atoms with Gasteiger partial charge in [0, 0.05) is 12.2 Å². The maximum Gasteiger partial charge on any atom is 0.573 e. The molecule has 11 heteroatoms. The van der Waals surface area contributed by atoms with E-state index in [2.05, 4.69) is 30.7 Å². The van der Waals surface area contributed by atoms with Crippen molar-refractivity contribution < 1.29 is 37.3 Å². The Morgan fingerprint density at radius 1 is 1.42 bits per heavy atom. The lowest BCUT2D eigenvalue weighted by Gasteiger charge is -2.15. The van der Waals surface area contributed by atoms with Gasteiger partial charge >= 0.3 is 12.3 Å². The Labute approximate surface area is 154 Å². The maximum absolute atomic E-state index is 12.4. The number of esters is 1. The summed E-state index contributed by atoms with van der Waals surface area (Å²) in [5, 5.41) is 11.7. The molecule has 0 atom stereocenters. The van der Waals surface area contributed by atoms with Crippen LogP contribution in [0.2, 0.25) is 0 Å². The van der Waals surface area contributed by atoms with Crippen LogP contribution in [0.5, 0.6) is 5.75 Å². The van der Waals surface area contributed by atoms with Gasteiger partial charge in [-0.1, -0.05) is 0 Å². The number of β-amino-alcohol motifs (C(OH)–C–C–N with tert-alkyl or cyclic N) is 1. The van der Waals surface area contributed by atoms with Crippen molar-refractivity contribution in [2.75, 3.05) is 32.1 Å². The van der Waals surface area contributed by atoms with E-state index in [9.17, 15) is 22.8 Å². The molecule has 26 heavy (non-hydrogen) atoms. The number of nitrogens with one attached hydrogen (secondary N) is 1. The zero-order valence-corrected chi connectivity index (χ0v) is 15.0. The lowest BCUT2D eigenvalue weighted by Crippen LogP contribution is -2.31. The largest absolute Gasteiger partial charge is 0.573 e. The number of nitrogens with zero attached hydrogens (tertiary/aromatic N) is 1. The zero-order chi connectivity index (χ0) is 19.5. The fraction of sp³-hybridized carbons (Fsp3) is 0.333. The molecule has 1 heterocycles. The summed E-state index contributed by atoms with van der Waals surface area (Å²) in [6, 6.07) is 3.59. The van der Waals surface area contributed by atoms with Crippen molar-refractivity contribution >= 4 is 33.5 Å². The van der Waals surface area contributed by atoms with E-state index < -0.39 is 24.0 Å². The predicted molar refractivity (Wildman–Crippen MR) is 87.2 cm³/mol. The molecule has 7 nitrogen and oxygen atoms in total. The first-order chi connectivity index (χ1) is 12.2. The number of halogens is 4. The molecule has 0 spiro atoms. The number of anilines is 1. The molecule has 1 aliphatic rings. The third-order valence-electron chi connectivity index (χ3n) is 3.38. The lowest BCUT2D eigenvalue weighted by molar-refractivity contribution is -0.274. The van der Waals surface area contributed by atoms with Gasteiger partial charge in [-0.05, 0) is 34.1 Å². The van der Waals surface area contributed by atoms with Crippen molar-refractivity contribution in [2.24, 2.45) is 0 Å². The van der Waals surface area contributed by atoms with Gasteiger partial charge in [0.05, 0.1) is 30.3 Å². The number of aliphatic hydroxyl groups excluding tert-OH is 1. The summed E-state index contributed by atoms with van der Waals surface area (Å²) in [7, 11) is 1.16. The minimum Gasteiger partial charge on any atom is -0.466 e. The van der Waals surface area contributed by atoms with E-state index in [4.69, 9.17) is 5.11 Å². The van der Waals surface area contributed by atoms with Gasteiger partial charge in [-0.25, -0.2) is 4.79 Å². The second-order valence-corrected chi connectivity index (χ2v) is 5.97. The number of alkyl halides is 3. The number of carbonyl (C=O) groups is 2. The standard InChI is InChI=1S/C15H14BrF3N2O5/c1-25-14(24)9-7-21(4-5-22)13(23)12(9)20-8-2-3-11(10(16)6-8)26-15(17,18)19/h2-3,6,20,22H,4-5,7H2,1H3. The van der Waals surface area contributed by atoms with Gasteiger partial charge in [0.1, 0.15) is 11.4 Å². The zero-order valence-electron chi connectivity index (χ0n) is 13.4. The van der Waals surface area contributed by atoms with Gasteiger partial charge < -0.3 is 24.8 Å². The van der Waals surface area contributed by atoms with Gasteiger partial charge in [0.25, 0.3) is 5.91 Å². The van der Waals surface area contributed by atoms with E-state index in [0.717, 1.165) is 13.2 Å². The Kier molecular flexibility index (Phi) is 6.13. The smallest absolute Gasteiger partial charge is 0.466 e. The molecule has 0 unspecified atom stereocenters. The van der Waals surface area contributed by atoms with Crippen molar-refractivity contribution in [1.29, 1.82) is 0 Å². The van der Waals surface area contributed by atoms with Crippen LogP contribution in [0.4, 0.5) is 18.9 Å². The van der Waals surface area contributed by atoms with Crippen LogP contribution in [0, 0.1) is 0 Å². The number of aliphatic hydroxyl groups is 1. The normalized spacial score (nSPS) is 14.7. The van der Waals surface area contributed by atoms with Crippen molar-refractivity contribution in [2.45, 2.75) is 6.36 Å². The molecule has 0 bridgehead atoms. The summed E-state index contributed by atoms with van der Waals surface area (Å²) < 4.78 is 45.4. The lowest BCUT2D eigenvalue weighted by atomic mass is 10.2. The van der Waals surface area contributed by atoms with E-state index in [1.807, 2.05) is 0 Å². The Morgan fingerprint density at radius 3 is 2.65 bits per heavy atom. The van der Waals surface area contributed by atoms with Gasteiger partial charge in [-0.2, -0.15) is 0 Å². The fourth-order valence-corrected chi connectivity index (χ4v) is 2.74. The molecule has 0 aliphatic carbocycles. The second kappa shape index (κ2) is 7.96. The number of carbonyl (C=O) groups excluding carboxylic acids is 2. The van der Waals surface area contributed by atoms with Crippen molar-refractivity contribution in [1.82, 2.24) is 4.90 Å². The number of amides is 1. The Bertz CT molecular complexity index is 751. The van der Waals surface area contributed by atoms with Crippen LogP contribution in [0.1, 0.15) is 0 Å². The van der Waals surface area contributed by atoms with Crippen molar-refractivity contribution in [3.63, 3.8) is 0 Å². The number of rotatable bonds is 6. The number of ether oxygens (including phenoxy) is 2. The molecule has 1 amide bonds. The Hall–Kier alpha value is -2.27. The minimum absolute atomic E-state index is 0.00213. The van der Waals surface area contributed by atoms with E-state index >= 15 is 0 Å². The topological polar surface area (TPSA) is 88.1 Å². The van der Waals surface area contributed by atoms with E-state index in [-0.39, 0.29) is 41.1 Å². The first kappa shape index (κ1) is 20.0. The van der Waals surface area contributed by atoms with Gasteiger partial charge in [0.15, 0.2) is 0 Å². The molecule has 0 fully saturated rings. The quantitative estimate of drug-likeness (QED) is 0.660. The number of hydrogen-bond donors (Lipinski definition) is 2. The minimum atomic E-state index is -4.84. The first-order valence-corrected chi connectivity index (χ1v) is 7.99. The molecule has 1 aromatic carbocycles. The summed E-state index contributed by atoms with van der Waals surface area (Å²) in [5.41, 5.74) is 0.237. The Balaban J connectivity index is 2.28. The summed E-state index contributed by atoms with van der Waals surface area (Å²) in [4.78, 5) is 25.5. The molecular weight excluding hydrogens is 425 g/mol.